The Morgan fingerprint density at radius 1 is 1.19 bits per heavy atom. The molecule has 0 aromatic carbocycles. The van der Waals surface area contributed by atoms with Crippen LogP contribution in [0, 0.1) is 5.41 Å². The first-order chi connectivity index (χ1) is 9.89. The molecule has 4 heteroatoms. The first-order valence-electron chi connectivity index (χ1n) is 8.64. The first-order valence-corrected chi connectivity index (χ1v) is 8.64. The van der Waals surface area contributed by atoms with Crippen LogP contribution >= 0.6 is 0 Å². The van der Waals surface area contributed by atoms with E-state index in [1.807, 2.05) is 0 Å². The SMILES string of the molecule is CCCC1(C(=O)N2CCN(C(C)(C)C)CC2)CCCNC1. The summed E-state index contributed by atoms with van der Waals surface area (Å²) in [6, 6.07) is 0. The molecule has 1 N–H and O–H groups in total. The first kappa shape index (κ1) is 16.8. The molecule has 2 rings (SSSR count). The molecule has 2 fully saturated rings. The van der Waals surface area contributed by atoms with Crippen molar-refractivity contribution in [2.75, 3.05) is 39.3 Å². The zero-order valence-electron chi connectivity index (χ0n) is 14.4. The highest BCUT2D eigenvalue weighted by atomic mass is 16.2. The highest BCUT2D eigenvalue weighted by Gasteiger charge is 2.42. The third-order valence-corrected chi connectivity index (χ3v) is 5.17. The van der Waals surface area contributed by atoms with E-state index in [1.165, 1.54) is 0 Å². The highest BCUT2D eigenvalue weighted by molar-refractivity contribution is 5.83. The number of piperazine rings is 1. The lowest BCUT2D eigenvalue weighted by molar-refractivity contribution is -0.146. The van der Waals surface area contributed by atoms with Crippen molar-refractivity contribution in [3.8, 4) is 0 Å². The largest absolute Gasteiger partial charge is 0.340 e. The number of hydrogen-bond acceptors (Lipinski definition) is 3. The maximum atomic E-state index is 13.1. The average molecular weight is 295 g/mol. The highest BCUT2D eigenvalue weighted by Crippen LogP contribution is 2.34. The van der Waals surface area contributed by atoms with Gasteiger partial charge in [-0.25, -0.2) is 0 Å². The third kappa shape index (κ3) is 3.78. The monoisotopic (exact) mass is 295 g/mol. The van der Waals surface area contributed by atoms with E-state index in [1.54, 1.807) is 0 Å². The molecule has 2 saturated heterocycles. The minimum Gasteiger partial charge on any atom is -0.340 e. The molecular formula is C17H33N3O. The summed E-state index contributed by atoms with van der Waals surface area (Å²) in [5.41, 5.74) is 0.0829. The van der Waals surface area contributed by atoms with Crippen LogP contribution in [0.3, 0.4) is 0 Å². The number of piperidine rings is 1. The summed E-state index contributed by atoms with van der Waals surface area (Å²) in [6.07, 6.45) is 4.31. The molecule has 0 aromatic rings. The van der Waals surface area contributed by atoms with Crippen LogP contribution in [-0.4, -0.2) is 60.5 Å². The Morgan fingerprint density at radius 3 is 2.33 bits per heavy atom. The van der Waals surface area contributed by atoms with Gasteiger partial charge in [0.2, 0.25) is 5.91 Å². The van der Waals surface area contributed by atoms with Gasteiger partial charge in [0.05, 0.1) is 5.41 Å². The summed E-state index contributed by atoms with van der Waals surface area (Å²) in [5, 5.41) is 3.46. The summed E-state index contributed by atoms with van der Waals surface area (Å²) in [6.45, 7) is 14.7. The van der Waals surface area contributed by atoms with Gasteiger partial charge in [0.1, 0.15) is 0 Å². The molecule has 1 unspecified atom stereocenters. The van der Waals surface area contributed by atoms with E-state index in [4.69, 9.17) is 0 Å². The maximum absolute atomic E-state index is 13.1. The van der Waals surface area contributed by atoms with Gasteiger partial charge < -0.3 is 10.2 Å². The van der Waals surface area contributed by atoms with E-state index in [9.17, 15) is 4.79 Å². The van der Waals surface area contributed by atoms with Gasteiger partial charge in [-0.2, -0.15) is 0 Å². The molecule has 0 aliphatic carbocycles. The minimum absolute atomic E-state index is 0.128. The second-order valence-corrected chi connectivity index (χ2v) is 7.76. The fourth-order valence-electron chi connectivity index (χ4n) is 3.87. The number of nitrogens with one attached hydrogen (secondary N) is 1. The van der Waals surface area contributed by atoms with E-state index in [0.29, 0.717) is 5.91 Å². The Bertz CT molecular complexity index is 342. The Balaban J connectivity index is 1.99. The lowest BCUT2D eigenvalue weighted by Gasteiger charge is -2.46. The molecular weight excluding hydrogens is 262 g/mol. The Labute approximate surface area is 130 Å². The van der Waals surface area contributed by atoms with E-state index in [-0.39, 0.29) is 11.0 Å². The van der Waals surface area contributed by atoms with Crippen LogP contribution in [0.5, 0.6) is 0 Å². The standard InChI is InChI=1S/C17H33N3O/c1-5-7-17(8-6-9-18-14-17)15(21)19-10-12-20(13-11-19)16(2,3)4/h18H,5-14H2,1-4H3. The second kappa shape index (κ2) is 6.66. The summed E-state index contributed by atoms with van der Waals surface area (Å²) >= 11 is 0. The maximum Gasteiger partial charge on any atom is 0.230 e. The van der Waals surface area contributed by atoms with Crippen LogP contribution in [0.25, 0.3) is 0 Å². The van der Waals surface area contributed by atoms with Gasteiger partial charge >= 0.3 is 0 Å². The van der Waals surface area contributed by atoms with Crippen LogP contribution in [0.4, 0.5) is 0 Å². The summed E-state index contributed by atoms with van der Waals surface area (Å²) in [5.74, 6) is 0.408. The smallest absolute Gasteiger partial charge is 0.230 e. The summed E-state index contributed by atoms with van der Waals surface area (Å²) < 4.78 is 0. The number of carbonyl (C=O) groups is 1. The van der Waals surface area contributed by atoms with Crippen molar-refractivity contribution in [3.05, 3.63) is 0 Å². The van der Waals surface area contributed by atoms with Gasteiger partial charge in [0.15, 0.2) is 0 Å². The fourth-order valence-corrected chi connectivity index (χ4v) is 3.87. The number of nitrogens with zero attached hydrogens (tertiary/aromatic N) is 2. The molecule has 4 nitrogen and oxygen atoms in total. The summed E-state index contributed by atoms with van der Waals surface area (Å²) in [7, 11) is 0. The molecule has 122 valence electrons. The normalized spacial score (nSPS) is 28.7. The van der Waals surface area contributed by atoms with Gasteiger partial charge in [0.25, 0.3) is 0 Å². The number of hydrogen-bond donors (Lipinski definition) is 1. The van der Waals surface area contributed by atoms with Crippen LogP contribution < -0.4 is 5.32 Å². The lowest BCUT2D eigenvalue weighted by atomic mass is 9.75. The molecule has 0 spiro atoms. The molecule has 2 heterocycles. The molecule has 21 heavy (non-hydrogen) atoms. The Hall–Kier alpha value is -0.610. The number of rotatable bonds is 3. The van der Waals surface area contributed by atoms with Gasteiger partial charge in [-0.15, -0.1) is 0 Å². The Kier molecular flexibility index (Phi) is 5.31. The minimum atomic E-state index is -0.128. The predicted octanol–water partition coefficient (Wildman–Crippen LogP) is 2.10. The molecule has 1 atom stereocenters. The lowest BCUT2D eigenvalue weighted by Crippen LogP contribution is -2.59. The van der Waals surface area contributed by atoms with Gasteiger partial charge in [-0.1, -0.05) is 13.3 Å². The van der Waals surface area contributed by atoms with Crippen LogP contribution in [0.1, 0.15) is 53.4 Å². The molecule has 0 bridgehead atoms. The quantitative estimate of drug-likeness (QED) is 0.866. The molecule has 2 aliphatic heterocycles. The van der Waals surface area contributed by atoms with Crippen LogP contribution in [0.2, 0.25) is 0 Å². The molecule has 0 saturated carbocycles. The van der Waals surface area contributed by atoms with Crippen molar-refractivity contribution in [2.24, 2.45) is 5.41 Å². The van der Waals surface area contributed by atoms with Gasteiger partial charge in [-0.3, -0.25) is 9.69 Å². The van der Waals surface area contributed by atoms with Crippen molar-refractivity contribution in [1.82, 2.24) is 15.1 Å². The number of carbonyl (C=O) groups excluding carboxylic acids is 1. The predicted molar refractivity (Wildman–Crippen MR) is 87.4 cm³/mol. The topological polar surface area (TPSA) is 35.6 Å². The van der Waals surface area contributed by atoms with Crippen molar-refractivity contribution in [3.63, 3.8) is 0 Å². The van der Waals surface area contributed by atoms with Crippen molar-refractivity contribution >= 4 is 5.91 Å². The molecule has 0 radical (unpaired) electrons. The third-order valence-electron chi connectivity index (χ3n) is 5.17. The fraction of sp³-hybridized carbons (Fsp3) is 0.941. The Morgan fingerprint density at radius 2 is 1.86 bits per heavy atom. The average Bonchev–Trinajstić information content (AvgIpc) is 2.47. The van der Waals surface area contributed by atoms with E-state index < -0.39 is 0 Å². The van der Waals surface area contributed by atoms with Crippen molar-refractivity contribution in [2.45, 2.75) is 58.9 Å². The zero-order chi connectivity index (χ0) is 15.5. The van der Waals surface area contributed by atoms with Crippen LogP contribution in [0.15, 0.2) is 0 Å². The summed E-state index contributed by atoms with van der Waals surface area (Å²) in [4.78, 5) is 17.7. The molecule has 1 amide bonds. The van der Waals surface area contributed by atoms with Gasteiger partial charge in [0, 0.05) is 38.3 Å². The van der Waals surface area contributed by atoms with E-state index >= 15 is 0 Å². The van der Waals surface area contributed by atoms with Crippen LogP contribution in [-0.2, 0) is 4.79 Å². The van der Waals surface area contributed by atoms with E-state index in [0.717, 1.165) is 65.0 Å². The molecule has 2 aliphatic rings. The molecule has 0 aromatic heterocycles. The second-order valence-electron chi connectivity index (χ2n) is 7.76. The van der Waals surface area contributed by atoms with Gasteiger partial charge in [-0.05, 0) is 46.6 Å². The van der Waals surface area contributed by atoms with Crippen molar-refractivity contribution in [1.29, 1.82) is 0 Å². The van der Waals surface area contributed by atoms with E-state index in [2.05, 4.69) is 42.8 Å². The van der Waals surface area contributed by atoms with Crippen molar-refractivity contribution < 1.29 is 4.79 Å². The zero-order valence-corrected chi connectivity index (χ0v) is 14.4. The number of amides is 1.